The van der Waals surface area contributed by atoms with Gasteiger partial charge in [-0.15, -0.1) is 5.10 Å². The summed E-state index contributed by atoms with van der Waals surface area (Å²) in [6, 6.07) is 7.61. The third kappa shape index (κ3) is 2.06. The number of benzene rings is 1. The first-order valence-corrected chi connectivity index (χ1v) is 6.80. The molecule has 0 N–H and O–H groups in total. The summed E-state index contributed by atoms with van der Waals surface area (Å²) in [5.74, 6) is 0.905. The van der Waals surface area contributed by atoms with Crippen molar-refractivity contribution in [1.29, 1.82) is 0 Å². The first-order chi connectivity index (χ1) is 10.3. The van der Waals surface area contributed by atoms with E-state index in [1.165, 1.54) is 0 Å². The lowest BCUT2D eigenvalue weighted by molar-refractivity contribution is -0.133. The average molecular weight is 283 g/mol. The molecule has 0 fully saturated rings. The number of para-hydroxylation sites is 1. The predicted octanol–water partition coefficient (Wildman–Crippen LogP) is 1.00. The summed E-state index contributed by atoms with van der Waals surface area (Å²) in [6.07, 6.45) is 2.39. The van der Waals surface area contributed by atoms with E-state index in [1.54, 1.807) is 15.8 Å². The zero-order chi connectivity index (χ0) is 14.2. The molecule has 4 rings (SSSR count). The van der Waals surface area contributed by atoms with Crippen molar-refractivity contribution in [3.63, 3.8) is 0 Å². The van der Waals surface area contributed by atoms with E-state index >= 15 is 0 Å². The van der Waals surface area contributed by atoms with Gasteiger partial charge in [-0.2, -0.15) is 0 Å². The normalized spacial score (nSPS) is 14.4. The number of carbonyl (C=O) groups excluding carboxylic acids is 1. The molecule has 3 heterocycles. The number of aromatic nitrogens is 4. The fraction of sp³-hybridized carbons (Fsp3) is 0.286. The third-order valence-corrected chi connectivity index (χ3v) is 3.76. The van der Waals surface area contributed by atoms with Gasteiger partial charge in [0.15, 0.2) is 0 Å². The highest BCUT2D eigenvalue weighted by Crippen LogP contribution is 2.18. The largest absolute Gasteiger partial charge is 0.361 e. The summed E-state index contributed by atoms with van der Waals surface area (Å²) in [4.78, 5) is 14.2. The minimum Gasteiger partial charge on any atom is -0.361 e. The molecule has 0 atom stereocenters. The zero-order valence-electron chi connectivity index (χ0n) is 11.3. The molecule has 106 valence electrons. The average Bonchev–Trinajstić information content (AvgIpc) is 3.13. The van der Waals surface area contributed by atoms with Crippen LogP contribution in [0.4, 0.5) is 0 Å². The van der Waals surface area contributed by atoms with Gasteiger partial charge in [0.1, 0.15) is 17.8 Å². The third-order valence-electron chi connectivity index (χ3n) is 3.76. The molecular weight excluding hydrogens is 270 g/mol. The second kappa shape index (κ2) is 4.69. The maximum absolute atomic E-state index is 12.4. The Hall–Kier alpha value is -2.70. The van der Waals surface area contributed by atoms with E-state index in [2.05, 4.69) is 15.5 Å². The van der Waals surface area contributed by atoms with Crippen LogP contribution in [0, 0.1) is 0 Å². The molecule has 21 heavy (non-hydrogen) atoms. The summed E-state index contributed by atoms with van der Waals surface area (Å²) in [5, 5.41) is 11.9. The molecule has 3 aromatic rings. The van der Waals surface area contributed by atoms with Gasteiger partial charge in [0.25, 0.3) is 0 Å². The molecule has 0 bridgehead atoms. The zero-order valence-corrected chi connectivity index (χ0v) is 11.3. The molecule has 2 aromatic heterocycles. The SMILES string of the molecule is O=C(Cn1nnc2ccccc21)N1CCc2oncc2C1. The smallest absolute Gasteiger partial charge is 0.244 e. The highest BCUT2D eigenvalue weighted by molar-refractivity contribution is 5.80. The Morgan fingerprint density at radius 2 is 2.24 bits per heavy atom. The van der Waals surface area contributed by atoms with Gasteiger partial charge in [-0.05, 0) is 12.1 Å². The quantitative estimate of drug-likeness (QED) is 0.701. The fourth-order valence-electron chi connectivity index (χ4n) is 2.62. The number of nitrogens with zero attached hydrogens (tertiary/aromatic N) is 5. The summed E-state index contributed by atoms with van der Waals surface area (Å²) in [7, 11) is 0. The van der Waals surface area contributed by atoms with Gasteiger partial charge in [0.2, 0.25) is 5.91 Å². The molecule has 0 unspecified atom stereocenters. The Labute approximate surface area is 120 Å². The van der Waals surface area contributed by atoms with Crippen LogP contribution in [0.1, 0.15) is 11.3 Å². The van der Waals surface area contributed by atoms with Crippen LogP contribution >= 0.6 is 0 Å². The lowest BCUT2D eigenvalue weighted by Crippen LogP contribution is -2.37. The predicted molar refractivity (Wildman–Crippen MR) is 73.2 cm³/mol. The Kier molecular flexibility index (Phi) is 2.70. The highest BCUT2D eigenvalue weighted by Gasteiger charge is 2.24. The molecule has 0 aliphatic carbocycles. The van der Waals surface area contributed by atoms with E-state index in [9.17, 15) is 4.79 Å². The van der Waals surface area contributed by atoms with Crippen LogP contribution in [0.25, 0.3) is 11.0 Å². The first-order valence-electron chi connectivity index (χ1n) is 6.80. The summed E-state index contributed by atoms with van der Waals surface area (Å²) >= 11 is 0. The van der Waals surface area contributed by atoms with Crippen molar-refractivity contribution in [3.05, 3.63) is 41.8 Å². The van der Waals surface area contributed by atoms with E-state index in [4.69, 9.17) is 4.52 Å². The number of hydrogen-bond acceptors (Lipinski definition) is 5. The van der Waals surface area contributed by atoms with E-state index in [1.807, 2.05) is 24.3 Å². The number of amides is 1. The molecule has 7 nitrogen and oxygen atoms in total. The minimum atomic E-state index is 0.0255. The van der Waals surface area contributed by atoms with Crippen LogP contribution in [-0.2, 0) is 24.3 Å². The fourth-order valence-corrected chi connectivity index (χ4v) is 2.62. The van der Waals surface area contributed by atoms with Crippen LogP contribution < -0.4 is 0 Å². The van der Waals surface area contributed by atoms with Crippen molar-refractivity contribution >= 4 is 16.9 Å². The van der Waals surface area contributed by atoms with Crippen molar-refractivity contribution in [2.45, 2.75) is 19.5 Å². The molecule has 0 saturated heterocycles. The van der Waals surface area contributed by atoms with Crippen molar-refractivity contribution in [1.82, 2.24) is 25.1 Å². The highest BCUT2D eigenvalue weighted by atomic mass is 16.5. The maximum Gasteiger partial charge on any atom is 0.244 e. The van der Waals surface area contributed by atoms with E-state index in [0.29, 0.717) is 19.5 Å². The molecule has 1 aliphatic heterocycles. The van der Waals surface area contributed by atoms with Gasteiger partial charge in [-0.25, -0.2) is 4.68 Å². The van der Waals surface area contributed by atoms with Gasteiger partial charge < -0.3 is 9.42 Å². The standard InChI is InChI=1S/C14H13N5O2/c20-14(18-6-5-13-10(8-18)7-15-21-13)9-19-12-4-2-1-3-11(12)16-17-19/h1-4,7H,5-6,8-9H2. The molecule has 1 aromatic carbocycles. The number of hydrogen-bond donors (Lipinski definition) is 0. The number of carbonyl (C=O) groups is 1. The van der Waals surface area contributed by atoms with Gasteiger partial charge in [0, 0.05) is 18.5 Å². The molecule has 0 spiro atoms. The molecule has 1 amide bonds. The number of rotatable bonds is 2. The van der Waals surface area contributed by atoms with Crippen LogP contribution in [0.2, 0.25) is 0 Å². The summed E-state index contributed by atoms with van der Waals surface area (Å²) in [5.41, 5.74) is 2.65. The molecule has 0 saturated carbocycles. The van der Waals surface area contributed by atoms with Crippen LogP contribution in [0.3, 0.4) is 0 Å². The summed E-state index contributed by atoms with van der Waals surface area (Å²) in [6.45, 7) is 1.39. The van der Waals surface area contributed by atoms with Crippen LogP contribution in [0.5, 0.6) is 0 Å². The van der Waals surface area contributed by atoms with E-state index < -0.39 is 0 Å². The first kappa shape index (κ1) is 12.1. The summed E-state index contributed by atoms with van der Waals surface area (Å²) < 4.78 is 6.77. The van der Waals surface area contributed by atoms with Gasteiger partial charge in [-0.3, -0.25) is 4.79 Å². The molecule has 7 heteroatoms. The van der Waals surface area contributed by atoms with Crippen molar-refractivity contribution in [3.8, 4) is 0 Å². The van der Waals surface area contributed by atoms with Crippen LogP contribution in [0.15, 0.2) is 35.0 Å². The minimum absolute atomic E-state index is 0.0255. The van der Waals surface area contributed by atoms with Gasteiger partial charge in [-0.1, -0.05) is 22.5 Å². The van der Waals surface area contributed by atoms with E-state index in [-0.39, 0.29) is 12.5 Å². The Morgan fingerprint density at radius 3 is 3.19 bits per heavy atom. The monoisotopic (exact) mass is 283 g/mol. The Bertz CT molecular complexity index is 806. The Morgan fingerprint density at radius 1 is 1.33 bits per heavy atom. The molecular formula is C14H13N5O2. The van der Waals surface area contributed by atoms with E-state index in [0.717, 1.165) is 22.4 Å². The lowest BCUT2D eigenvalue weighted by atomic mass is 10.1. The van der Waals surface area contributed by atoms with Crippen molar-refractivity contribution in [2.75, 3.05) is 6.54 Å². The Balaban J connectivity index is 1.54. The molecule has 0 radical (unpaired) electrons. The lowest BCUT2D eigenvalue weighted by Gasteiger charge is -2.25. The topological polar surface area (TPSA) is 77.0 Å². The van der Waals surface area contributed by atoms with Crippen molar-refractivity contribution in [2.24, 2.45) is 0 Å². The maximum atomic E-state index is 12.4. The molecule has 1 aliphatic rings. The van der Waals surface area contributed by atoms with Crippen molar-refractivity contribution < 1.29 is 9.32 Å². The second-order valence-electron chi connectivity index (χ2n) is 5.08. The second-order valence-corrected chi connectivity index (χ2v) is 5.08. The van der Waals surface area contributed by atoms with Crippen LogP contribution in [-0.4, -0.2) is 37.5 Å². The van der Waals surface area contributed by atoms with Gasteiger partial charge >= 0.3 is 0 Å². The number of fused-ring (bicyclic) bond motifs is 2. The van der Waals surface area contributed by atoms with Gasteiger partial charge in [0.05, 0.1) is 18.3 Å².